The summed E-state index contributed by atoms with van der Waals surface area (Å²) in [7, 11) is -3.07. The van der Waals surface area contributed by atoms with Gasteiger partial charge in [-0.1, -0.05) is 6.92 Å². The number of sulfone groups is 1. The average Bonchev–Trinajstić information content (AvgIpc) is 3.28. The molecule has 0 spiro atoms. The van der Waals surface area contributed by atoms with Crippen LogP contribution in [-0.4, -0.2) is 65.7 Å². The summed E-state index contributed by atoms with van der Waals surface area (Å²) in [5, 5.41) is 4.26. The molecule has 1 atom stereocenters. The molecule has 8 nitrogen and oxygen atoms in total. The Morgan fingerprint density at radius 1 is 1.23 bits per heavy atom. The highest BCUT2D eigenvalue weighted by molar-refractivity contribution is 7.91. The summed E-state index contributed by atoms with van der Waals surface area (Å²) in [5.41, 5.74) is 2.25. The second-order valence-electron chi connectivity index (χ2n) is 7.38. The van der Waals surface area contributed by atoms with Crippen molar-refractivity contribution in [1.82, 2.24) is 14.7 Å². The standard InChI is InChI=1S/C21H27N3O5S/c1-4-11-23(18-10-12-30(27,28)14-18)20(25)16-6-8-17(9-7-16)24-15(3)19(13-22-24)21(26)29-5-2/h6-9,13,18H,4-5,10-12,14H2,1-3H3. The normalized spacial score (nSPS) is 17.6. The van der Waals surface area contributed by atoms with Gasteiger partial charge in [0.15, 0.2) is 9.84 Å². The van der Waals surface area contributed by atoms with Crippen LogP contribution in [0, 0.1) is 6.92 Å². The van der Waals surface area contributed by atoms with E-state index in [1.165, 1.54) is 6.20 Å². The van der Waals surface area contributed by atoms with Crippen molar-refractivity contribution in [2.75, 3.05) is 24.7 Å². The van der Waals surface area contributed by atoms with E-state index in [9.17, 15) is 18.0 Å². The Kier molecular flexibility index (Phi) is 6.60. The predicted molar refractivity (Wildman–Crippen MR) is 113 cm³/mol. The summed E-state index contributed by atoms with van der Waals surface area (Å²) < 4.78 is 30.4. The lowest BCUT2D eigenvalue weighted by molar-refractivity contribution is 0.0525. The Morgan fingerprint density at radius 2 is 1.93 bits per heavy atom. The largest absolute Gasteiger partial charge is 0.462 e. The summed E-state index contributed by atoms with van der Waals surface area (Å²) in [4.78, 5) is 26.7. The van der Waals surface area contributed by atoms with Crippen LogP contribution in [0.5, 0.6) is 0 Å². The van der Waals surface area contributed by atoms with Gasteiger partial charge >= 0.3 is 5.97 Å². The summed E-state index contributed by atoms with van der Waals surface area (Å²) in [6, 6.07) is 6.65. The van der Waals surface area contributed by atoms with Gasteiger partial charge in [-0.25, -0.2) is 17.9 Å². The fourth-order valence-electron chi connectivity index (χ4n) is 3.70. The Labute approximate surface area is 176 Å². The summed E-state index contributed by atoms with van der Waals surface area (Å²) >= 11 is 0. The number of amides is 1. The number of carbonyl (C=O) groups excluding carboxylic acids is 2. The molecule has 9 heteroatoms. The Hall–Kier alpha value is -2.68. The van der Waals surface area contributed by atoms with Gasteiger partial charge in [-0.2, -0.15) is 5.10 Å². The molecule has 2 heterocycles. The van der Waals surface area contributed by atoms with Crippen molar-refractivity contribution in [1.29, 1.82) is 0 Å². The molecular formula is C21H27N3O5S. The maximum atomic E-state index is 13.1. The summed E-state index contributed by atoms with van der Waals surface area (Å²) in [5.74, 6) is -0.435. The molecule has 1 fully saturated rings. The van der Waals surface area contributed by atoms with Gasteiger partial charge in [0.05, 0.1) is 35.7 Å². The van der Waals surface area contributed by atoms with Crippen LogP contribution in [0.25, 0.3) is 5.69 Å². The average molecular weight is 434 g/mol. The third-order valence-corrected chi connectivity index (χ3v) is 6.99. The quantitative estimate of drug-likeness (QED) is 0.622. The van der Waals surface area contributed by atoms with Gasteiger partial charge < -0.3 is 9.64 Å². The maximum absolute atomic E-state index is 13.1. The van der Waals surface area contributed by atoms with Crippen LogP contribution < -0.4 is 0 Å². The third kappa shape index (κ3) is 4.56. The van der Waals surface area contributed by atoms with Crippen LogP contribution in [0.1, 0.15) is 53.1 Å². The fraction of sp³-hybridized carbons (Fsp3) is 0.476. The summed E-state index contributed by atoms with van der Waals surface area (Å²) in [6.45, 7) is 6.30. The van der Waals surface area contributed by atoms with Gasteiger partial charge in [-0.05, 0) is 51.0 Å². The smallest absolute Gasteiger partial charge is 0.341 e. The number of benzene rings is 1. The van der Waals surface area contributed by atoms with Crippen LogP contribution in [-0.2, 0) is 14.6 Å². The number of nitrogens with zero attached hydrogens (tertiary/aromatic N) is 3. The number of ether oxygens (including phenoxy) is 1. The van der Waals surface area contributed by atoms with E-state index >= 15 is 0 Å². The Balaban J connectivity index is 1.81. The first kappa shape index (κ1) is 22.0. The van der Waals surface area contributed by atoms with Gasteiger partial charge in [-0.3, -0.25) is 4.79 Å². The molecule has 0 N–H and O–H groups in total. The van der Waals surface area contributed by atoms with Gasteiger partial charge in [0.1, 0.15) is 5.56 Å². The van der Waals surface area contributed by atoms with Crippen molar-refractivity contribution < 1.29 is 22.7 Å². The van der Waals surface area contributed by atoms with Crippen molar-refractivity contribution in [3.8, 4) is 5.69 Å². The molecule has 1 aromatic heterocycles. The molecule has 2 aromatic rings. The van der Waals surface area contributed by atoms with Crippen molar-refractivity contribution in [3.05, 3.63) is 47.3 Å². The first-order valence-electron chi connectivity index (χ1n) is 10.1. The minimum Gasteiger partial charge on any atom is -0.462 e. The highest BCUT2D eigenvalue weighted by Gasteiger charge is 2.34. The van der Waals surface area contributed by atoms with E-state index in [-0.39, 0.29) is 30.1 Å². The molecule has 162 valence electrons. The second-order valence-corrected chi connectivity index (χ2v) is 9.61. The van der Waals surface area contributed by atoms with Crippen LogP contribution in [0.15, 0.2) is 30.5 Å². The Morgan fingerprint density at radius 3 is 2.50 bits per heavy atom. The molecule has 1 aromatic carbocycles. The maximum Gasteiger partial charge on any atom is 0.341 e. The minimum absolute atomic E-state index is 0.0277. The van der Waals surface area contributed by atoms with E-state index in [1.54, 1.807) is 47.7 Å². The van der Waals surface area contributed by atoms with Crippen molar-refractivity contribution in [2.24, 2.45) is 0 Å². The van der Waals surface area contributed by atoms with Crippen molar-refractivity contribution >= 4 is 21.7 Å². The van der Waals surface area contributed by atoms with Crippen LogP contribution in [0.2, 0.25) is 0 Å². The zero-order valence-corrected chi connectivity index (χ0v) is 18.3. The lowest BCUT2D eigenvalue weighted by Crippen LogP contribution is -2.41. The highest BCUT2D eigenvalue weighted by Crippen LogP contribution is 2.22. The van der Waals surface area contributed by atoms with Crippen molar-refractivity contribution in [3.63, 3.8) is 0 Å². The number of hydrogen-bond donors (Lipinski definition) is 0. The van der Waals surface area contributed by atoms with Gasteiger partial charge in [-0.15, -0.1) is 0 Å². The number of esters is 1. The number of aromatic nitrogens is 2. The van der Waals surface area contributed by atoms with E-state index < -0.39 is 15.8 Å². The van der Waals surface area contributed by atoms with Crippen LogP contribution in [0.4, 0.5) is 0 Å². The van der Waals surface area contributed by atoms with E-state index in [0.717, 1.165) is 6.42 Å². The SMILES string of the molecule is CCCN(C(=O)c1ccc(-n2ncc(C(=O)OCC)c2C)cc1)C1CCS(=O)(=O)C1. The molecule has 0 radical (unpaired) electrons. The van der Waals surface area contributed by atoms with Crippen LogP contribution >= 0.6 is 0 Å². The molecule has 1 aliphatic rings. The molecule has 1 aliphatic heterocycles. The van der Waals surface area contributed by atoms with Crippen molar-refractivity contribution in [2.45, 2.75) is 39.7 Å². The molecule has 1 saturated heterocycles. The van der Waals surface area contributed by atoms with E-state index in [1.807, 2.05) is 6.92 Å². The lowest BCUT2D eigenvalue weighted by atomic mass is 10.1. The van der Waals surface area contributed by atoms with E-state index in [2.05, 4.69) is 5.10 Å². The first-order valence-corrected chi connectivity index (χ1v) is 11.9. The number of hydrogen-bond acceptors (Lipinski definition) is 6. The lowest BCUT2D eigenvalue weighted by Gasteiger charge is -2.28. The molecule has 0 bridgehead atoms. The van der Waals surface area contributed by atoms with E-state index in [0.29, 0.717) is 35.5 Å². The molecular weight excluding hydrogens is 406 g/mol. The zero-order chi connectivity index (χ0) is 21.9. The fourth-order valence-corrected chi connectivity index (χ4v) is 5.43. The molecule has 1 amide bonds. The van der Waals surface area contributed by atoms with Gasteiger partial charge in [0, 0.05) is 18.2 Å². The molecule has 3 rings (SSSR count). The van der Waals surface area contributed by atoms with Crippen LogP contribution in [0.3, 0.4) is 0 Å². The first-order chi connectivity index (χ1) is 14.3. The topological polar surface area (TPSA) is 98.6 Å². The molecule has 30 heavy (non-hydrogen) atoms. The summed E-state index contributed by atoms with van der Waals surface area (Å²) in [6.07, 6.45) is 2.70. The third-order valence-electron chi connectivity index (χ3n) is 5.24. The number of rotatable bonds is 7. The Bertz CT molecular complexity index is 1030. The molecule has 1 unspecified atom stereocenters. The number of carbonyl (C=O) groups is 2. The molecule has 0 aliphatic carbocycles. The van der Waals surface area contributed by atoms with E-state index in [4.69, 9.17) is 4.74 Å². The zero-order valence-electron chi connectivity index (χ0n) is 17.5. The monoisotopic (exact) mass is 433 g/mol. The highest BCUT2D eigenvalue weighted by atomic mass is 32.2. The molecule has 0 saturated carbocycles. The predicted octanol–water partition coefficient (Wildman–Crippen LogP) is 2.40. The van der Waals surface area contributed by atoms with Gasteiger partial charge in [0.2, 0.25) is 0 Å². The minimum atomic E-state index is -3.07. The second kappa shape index (κ2) is 8.99. The van der Waals surface area contributed by atoms with Gasteiger partial charge in [0.25, 0.3) is 5.91 Å².